The summed E-state index contributed by atoms with van der Waals surface area (Å²) in [4.78, 5) is 11.2. The van der Waals surface area contributed by atoms with Crippen LogP contribution in [-0.4, -0.2) is 41.3 Å². The van der Waals surface area contributed by atoms with Crippen molar-refractivity contribution in [2.24, 2.45) is 0 Å². The Balaban J connectivity index is 1.97. The predicted molar refractivity (Wildman–Crippen MR) is 71.0 cm³/mol. The van der Waals surface area contributed by atoms with E-state index >= 15 is 0 Å². The van der Waals surface area contributed by atoms with Crippen molar-refractivity contribution in [1.29, 1.82) is 0 Å². The first-order valence-electron chi connectivity index (χ1n) is 5.47. The van der Waals surface area contributed by atoms with Crippen molar-refractivity contribution in [2.45, 2.75) is 23.8 Å². The minimum Gasteiger partial charge on any atom is -0.309 e. The summed E-state index contributed by atoms with van der Waals surface area (Å²) < 4.78 is 0.914. The SMILES string of the molecule is CN(C)CCSc1cc(Br)nc(C2CC2)n1. The van der Waals surface area contributed by atoms with Gasteiger partial charge in [-0.1, -0.05) is 0 Å². The Morgan fingerprint density at radius 1 is 1.44 bits per heavy atom. The Hall–Kier alpha value is -0.130. The summed E-state index contributed by atoms with van der Waals surface area (Å²) >= 11 is 5.25. The number of rotatable bonds is 5. The molecule has 1 aromatic heterocycles. The van der Waals surface area contributed by atoms with Gasteiger partial charge in [-0.05, 0) is 42.9 Å². The molecule has 1 fully saturated rings. The summed E-state index contributed by atoms with van der Waals surface area (Å²) in [6.07, 6.45) is 2.50. The highest BCUT2D eigenvalue weighted by atomic mass is 79.9. The molecule has 2 rings (SSSR count). The lowest BCUT2D eigenvalue weighted by atomic mass is 10.4. The van der Waals surface area contributed by atoms with Gasteiger partial charge in [0.25, 0.3) is 0 Å². The van der Waals surface area contributed by atoms with Gasteiger partial charge >= 0.3 is 0 Å². The standard InChI is InChI=1S/C11H16BrN3S/c1-15(2)5-6-16-10-7-9(12)13-11(14-10)8-3-4-8/h7-8H,3-6H2,1-2H3. The molecule has 1 aliphatic carbocycles. The van der Waals surface area contributed by atoms with Crippen LogP contribution >= 0.6 is 27.7 Å². The molecule has 0 spiro atoms. The van der Waals surface area contributed by atoms with Gasteiger partial charge in [-0.3, -0.25) is 0 Å². The van der Waals surface area contributed by atoms with Gasteiger partial charge in [-0.2, -0.15) is 0 Å². The molecular weight excluding hydrogens is 286 g/mol. The van der Waals surface area contributed by atoms with Crippen LogP contribution in [0.15, 0.2) is 15.7 Å². The summed E-state index contributed by atoms with van der Waals surface area (Å²) in [6.45, 7) is 1.07. The van der Waals surface area contributed by atoms with Gasteiger partial charge in [0.1, 0.15) is 15.5 Å². The van der Waals surface area contributed by atoms with E-state index in [-0.39, 0.29) is 0 Å². The second kappa shape index (κ2) is 5.47. The molecule has 5 heteroatoms. The van der Waals surface area contributed by atoms with Crippen LogP contribution in [0.3, 0.4) is 0 Å². The van der Waals surface area contributed by atoms with Crippen LogP contribution < -0.4 is 0 Å². The molecule has 0 aromatic carbocycles. The van der Waals surface area contributed by atoms with Crippen molar-refractivity contribution in [2.75, 3.05) is 26.4 Å². The molecule has 0 saturated heterocycles. The molecule has 0 radical (unpaired) electrons. The maximum atomic E-state index is 4.60. The summed E-state index contributed by atoms with van der Waals surface area (Å²) in [7, 11) is 4.18. The maximum absolute atomic E-state index is 4.60. The fraction of sp³-hybridized carbons (Fsp3) is 0.636. The third-order valence-electron chi connectivity index (χ3n) is 2.42. The predicted octanol–water partition coefficient (Wildman–Crippen LogP) is 2.77. The zero-order valence-corrected chi connectivity index (χ0v) is 12.0. The van der Waals surface area contributed by atoms with E-state index < -0.39 is 0 Å². The Morgan fingerprint density at radius 2 is 2.19 bits per heavy atom. The Bertz CT molecular complexity index is 366. The molecule has 16 heavy (non-hydrogen) atoms. The lowest BCUT2D eigenvalue weighted by Crippen LogP contribution is -2.14. The van der Waals surface area contributed by atoms with E-state index in [1.807, 2.05) is 6.07 Å². The molecule has 0 aliphatic heterocycles. The molecule has 1 aromatic rings. The van der Waals surface area contributed by atoms with E-state index in [1.54, 1.807) is 11.8 Å². The molecule has 88 valence electrons. The number of halogens is 1. The Kier molecular flexibility index (Phi) is 4.21. The topological polar surface area (TPSA) is 29.0 Å². The average Bonchev–Trinajstić information content (AvgIpc) is 2.99. The number of hydrogen-bond acceptors (Lipinski definition) is 4. The van der Waals surface area contributed by atoms with E-state index in [0.29, 0.717) is 5.92 Å². The smallest absolute Gasteiger partial charge is 0.134 e. The first kappa shape index (κ1) is 12.3. The maximum Gasteiger partial charge on any atom is 0.134 e. The van der Waals surface area contributed by atoms with Crippen LogP contribution in [0.1, 0.15) is 24.6 Å². The van der Waals surface area contributed by atoms with Gasteiger partial charge < -0.3 is 4.90 Å². The van der Waals surface area contributed by atoms with Gasteiger partial charge in [-0.25, -0.2) is 9.97 Å². The molecule has 0 amide bonds. The van der Waals surface area contributed by atoms with Crippen molar-refractivity contribution in [3.63, 3.8) is 0 Å². The second-order valence-corrected chi connectivity index (χ2v) is 6.24. The second-order valence-electron chi connectivity index (χ2n) is 4.31. The van der Waals surface area contributed by atoms with Crippen LogP contribution in [0.25, 0.3) is 0 Å². The van der Waals surface area contributed by atoms with Gasteiger partial charge in [-0.15, -0.1) is 11.8 Å². The van der Waals surface area contributed by atoms with E-state index in [0.717, 1.165) is 27.8 Å². The normalized spacial score (nSPS) is 15.8. The van der Waals surface area contributed by atoms with Crippen molar-refractivity contribution < 1.29 is 0 Å². The first-order chi connectivity index (χ1) is 7.65. The highest BCUT2D eigenvalue weighted by molar-refractivity contribution is 9.10. The molecular formula is C11H16BrN3S. The fourth-order valence-electron chi connectivity index (χ4n) is 1.34. The van der Waals surface area contributed by atoms with E-state index in [4.69, 9.17) is 0 Å². The van der Waals surface area contributed by atoms with Crippen molar-refractivity contribution in [3.05, 3.63) is 16.5 Å². The van der Waals surface area contributed by atoms with Gasteiger partial charge in [0.15, 0.2) is 0 Å². The Morgan fingerprint density at radius 3 is 2.81 bits per heavy atom. The third-order valence-corrected chi connectivity index (χ3v) is 3.72. The summed E-state index contributed by atoms with van der Waals surface area (Å²) in [6, 6.07) is 2.01. The van der Waals surface area contributed by atoms with E-state index in [2.05, 4.69) is 44.9 Å². The minimum atomic E-state index is 0.616. The molecule has 0 bridgehead atoms. The molecule has 1 aliphatic rings. The van der Waals surface area contributed by atoms with Crippen LogP contribution in [0.4, 0.5) is 0 Å². The molecule has 1 heterocycles. The highest BCUT2D eigenvalue weighted by Gasteiger charge is 2.27. The lowest BCUT2D eigenvalue weighted by Gasteiger charge is -2.08. The van der Waals surface area contributed by atoms with Crippen LogP contribution in [0, 0.1) is 0 Å². The van der Waals surface area contributed by atoms with Crippen LogP contribution in [0.2, 0.25) is 0 Å². The average molecular weight is 302 g/mol. The van der Waals surface area contributed by atoms with Crippen LogP contribution in [-0.2, 0) is 0 Å². The number of aromatic nitrogens is 2. The number of thioether (sulfide) groups is 1. The van der Waals surface area contributed by atoms with Crippen molar-refractivity contribution >= 4 is 27.7 Å². The van der Waals surface area contributed by atoms with Crippen molar-refractivity contribution in [3.8, 4) is 0 Å². The van der Waals surface area contributed by atoms with E-state index in [1.165, 1.54) is 12.8 Å². The zero-order valence-electron chi connectivity index (χ0n) is 9.61. The van der Waals surface area contributed by atoms with Gasteiger partial charge in [0.05, 0.1) is 0 Å². The van der Waals surface area contributed by atoms with Crippen molar-refractivity contribution in [1.82, 2.24) is 14.9 Å². The third kappa shape index (κ3) is 3.71. The summed E-state index contributed by atoms with van der Waals surface area (Å²) in [5, 5.41) is 1.09. The highest BCUT2D eigenvalue weighted by Crippen LogP contribution is 2.39. The largest absolute Gasteiger partial charge is 0.309 e. The fourth-order valence-corrected chi connectivity index (χ4v) is 2.91. The molecule has 1 saturated carbocycles. The lowest BCUT2D eigenvalue weighted by molar-refractivity contribution is 0.437. The molecule has 0 atom stereocenters. The van der Waals surface area contributed by atoms with Gasteiger partial charge in [0.2, 0.25) is 0 Å². The summed E-state index contributed by atoms with van der Waals surface area (Å²) in [5.41, 5.74) is 0. The number of hydrogen-bond donors (Lipinski definition) is 0. The van der Waals surface area contributed by atoms with Crippen LogP contribution in [0.5, 0.6) is 0 Å². The molecule has 3 nitrogen and oxygen atoms in total. The number of nitrogens with zero attached hydrogens (tertiary/aromatic N) is 3. The monoisotopic (exact) mass is 301 g/mol. The van der Waals surface area contributed by atoms with E-state index in [9.17, 15) is 0 Å². The molecule has 0 unspecified atom stereocenters. The first-order valence-corrected chi connectivity index (χ1v) is 7.25. The quantitative estimate of drug-likeness (QED) is 0.618. The molecule has 0 N–H and O–H groups in total. The van der Waals surface area contributed by atoms with Gasteiger partial charge in [0, 0.05) is 24.3 Å². The minimum absolute atomic E-state index is 0.616. The Labute approximate surface area is 109 Å². The summed E-state index contributed by atoms with van der Waals surface area (Å²) in [5.74, 6) is 2.70. The zero-order chi connectivity index (χ0) is 11.5.